The average molecular weight is 330 g/mol. The van der Waals surface area contributed by atoms with E-state index < -0.39 is 0 Å². The molecule has 0 fully saturated rings. The van der Waals surface area contributed by atoms with Crippen molar-refractivity contribution < 1.29 is 0 Å². The first-order valence-corrected chi connectivity index (χ1v) is 7.57. The largest absolute Gasteiger partial charge is 0.146 e. The molecule has 2 rings (SSSR count). The molecule has 0 amide bonds. The van der Waals surface area contributed by atoms with Crippen LogP contribution in [0.3, 0.4) is 0 Å². The summed E-state index contributed by atoms with van der Waals surface area (Å²) in [6.07, 6.45) is 0. The van der Waals surface area contributed by atoms with E-state index >= 15 is 0 Å². The Labute approximate surface area is 120 Å². The predicted molar refractivity (Wildman–Crippen MR) is 80.8 cm³/mol. The lowest BCUT2D eigenvalue weighted by atomic mass is 10.0. The summed E-state index contributed by atoms with van der Waals surface area (Å²) in [5.74, 6) is 0. The molecule has 1 aromatic heterocycles. The van der Waals surface area contributed by atoms with E-state index in [1.807, 2.05) is 24.3 Å². The van der Waals surface area contributed by atoms with Gasteiger partial charge in [-0.2, -0.15) is 0 Å². The summed E-state index contributed by atoms with van der Waals surface area (Å²) < 4.78 is 0. The fourth-order valence-electron chi connectivity index (χ4n) is 1.91. The van der Waals surface area contributed by atoms with E-state index in [0.717, 1.165) is 10.6 Å². The van der Waals surface area contributed by atoms with Gasteiger partial charge in [0.1, 0.15) is 0 Å². The number of hydrogen-bond acceptors (Lipinski definition) is 1. The third kappa shape index (κ3) is 2.75. The maximum atomic E-state index is 6.05. The standard InChI is InChI=1S/C14H14BrClS/c1-8-6-11(4-5-13(8)16)14(15)12-7-9(2)17-10(12)3/h4-7,14H,1-3H3. The van der Waals surface area contributed by atoms with Crippen molar-refractivity contribution >= 4 is 38.9 Å². The summed E-state index contributed by atoms with van der Waals surface area (Å²) in [4.78, 5) is 2.98. The molecule has 0 saturated heterocycles. The van der Waals surface area contributed by atoms with Crippen LogP contribution in [0.15, 0.2) is 24.3 Å². The Kier molecular flexibility index (Phi) is 3.96. The van der Waals surface area contributed by atoms with Gasteiger partial charge in [-0.25, -0.2) is 0 Å². The van der Waals surface area contributed by atoms with Gasteiger partial charge in [0.25, 0.3) is 0 Å². The second-order valence-electron chi connectivity index (χ2n) is 4.24. The SMILES string of the molecule is Cc1cc(C(Br)c2ccc(Cl)c(C)c2)c(C)s1. The van der Waals surface area contributed by atoms with Gasteiger partial charge >= 0.3 is 0 Å². The molecule has 0 saturated carbocycles. The van der Waals surface area contributed by atoms with Crippen molar-refractivity contribution in [3.8, 4) is 0 Å². The number of benzene rings is 1. The van der Waals surface area contributed by atoms with Crippen LogP contribution in [0.25, 0.3) is 0 Å². The second-order valence-corrected chi connectivity index (χ2v) is 7.02. The van der Waals surface area contributed by atoms with Crippen molar-refractivity contribution in [3.05, 3.63) is 55.7 Å². The van der Waals surface area contributed by atoms with Crippen LogP contribution in [-0.2, 0) is 0 Å². The van der Waals surface area contributed by atoms with E-state index in [0.29, 0.717) is 0 Å². The zero-order chi connectivity index (χ0) is 12.6. The summed E-state index contributed by atoms with van der Waals surface area (Å²) in [5, 5.41) is 0.826. The Balaban J connectivity index is 2.40. The number of halogens is 2. The summed E-state index contributed by atoms with van der Waals surface area (Å²) in [7, 11) is 0. The van der Waals surface area contributed by atoms with E-state index in [9.17, 15) is 0 Å². The highest BCUT2D eigenvalue weighted by atomic mass is 79.9. The molecular weight excluding hydrogens is 316 g/mol. The van der Waals surface area contributed by atoms with Gasteiger partial charge in [-0.1, -0.05) is 39.7 Å². The molecule has 0 radical (unpaired) electrons. The van der Waals surface area contributed by atoms with Crippen LogP contribution in [0.2, 0.25) is 5.02 Å². The maximum Gasteiger partial charge on any atom is 0.0655 e. The lowest BCUT2D eigenvalue weighted by Gasteiger charge is -2.11. The van der Waals surface area contributed by atoms with E-state index in [-0.39, 0.29) is 4.83 Å². The summed E-state index contributed by atoms with van der Waals surface area (Å²) >= 11 is 11.7. The van der Waals surface area contributed by atoms with Crippen LogP contribution in [0.5, 0.6) is 0 Å². The quantitative estimate of drug-likeness (QED) is 0.610. The molecule has 0 bridgehead atoms. The minimum absolute atomic E-state index is 0.253. The molecule has 90 valence electrons. The topological polar surface area (TPSA) is 0 Å². The van der Waals surface area contributed by atoms with Crippen molar-refractivity contribution in [2.45, 2.75) is 25.6 Å². The number of thiophene rings is 1. The molecule has 1 unspecified atom stereocenters. The first-order valence-electron chi connectivity index (χ1n) is 5.46. The molecule has 1 heterocycles. The van der Waals surface area contributed by atoms with Crippen molar-refractivity contribution in [2.75, 3.05) is 0 Å². The van der Waals surface area contributed by atoms with Gasteiger partial charge in [0.15, 0.2) is 0 Å². The molecule has 2 aromatic rings. The van der Waals surface area contributed by atoms with Crippen LogP contribution in [-0.4, -0.2) is 0 Å². The summed E-state index contributed by atoms with van der Waals surface area (Å²) in [5.41, 5.74) is 3.74. The van der Waals surface area contributed by atoms with Crippen LogP contribution >= 0.6 is 38.9 Å². The van der Waals surface area contributed by atoms with Crippen molar-refractivity contribution in [3.63, 3.8) is 0 Å². The van der Waals surface area contributed by atoms with Crippen LogP contribution in [0, 0.1) is 20.8 Å². The van der Waals surface area contributed by atoms with E-state index in [4.69, 9.17) is 11.6 Å². The zero-order valence-corrected chi connectivity index (χ0v) is 13.2. The zero-order valence-electron chi connectivity index (χ0n) is 10.1. The van der Waals surface area contributed by atoms with E-state index in [1.165, 1.54) is 20.9 Å². The lowest BCUT2D eigenvalue weighted by Crippen LogP contribution is -1.93. The highest BCUT2D eigenvalue weighted by Gasteiger charge is 2.15. The van der Waals surface area contributed by atoms with Gasteiger partial charge in [-0.3, -0.25) is 0 Å². The van der Waals surface area contributed by atoms with Crippen LogP contribution < -0.4 is 0 Å². The van der Waals surface area contributed by atoms with E-state index in [2.05, 4.69) is 48.0 Å². The Morgan fingerprint density at radius 1 is 1.18 bits per heavy atom. The predicted octanol–water partition coefficient (Wildman–Crippen LogP) is 5.81. The molecule has 0 nitrogen and oxygen atoms in total. The molecule has 1 atom stereocenters. The molecule has 0 aliphatic heterocycles. The normalized spacial score (nSPS) is 12.8. The Hall–Kier alpha value is -0.310. The third-order valence-electron chi connectivity index (χ3n) is 2.83. The van der Waals surface area contributed by atoms with Crippen molar-refractivity contribution in [1.29, 1.82) is 0 Å². The number of rotatable bonds is 2. The van der Waals surface area contributed by atoms with E-state index in [1.54, 1.807) is 0 Å². The highest BCUT2D eigenvalue weighted by Crippen LogP contribution is 2.37. The fourth-order valence-corrected chi connectivity index (χ4v) is 3.90. The smallest absolute Gasteiger partial charge is 0.0655 e. The second kappa shape index (κ2) is 5.13. The van der Waals surface area contributed by atoms with Gasteiger partial charge < -0.3 is 0 Å². The minimum Gasteiger partial charge on any atom is -0.146 e. The molecule has 1 aromatic carbocycles. The van der Waals surface area contributed by atoms with Crippen molar-refractivity contribution in [1.82, 2.24) is 0 Å². The first kappa shape index (κ1) is 13.1. The van der Waals surface area contributed by atoms with Crippen LogP contribution in [0.4, 0.5) is 0 Å². The Morgan fingerprint density at radius 3 is 2.41 bits per heavy atom. The maximum absolute atomic E-state index is 6.05. The lowest BCUT2D eigenvalue weighted by molar-refractivity contribution is 1.16. The van der Waals surface area contributed by atoms with Gasteiger partial charge in [0.2, 0.25) is 0 Å². The molecule has 17 heavy (non-hydrogen) atoms. The molecule has 0 aliphatic carbocycles. The van der Waals surface area contributed by atoms with Gasteiger partial charge in [-0.05, 0) is 49.6 Å². The highest BCUT2D eigenvalue weighted by molar-refractivity contribution is 9.09. The minimum atomic E-state index is 0.253. The monoisotopic (exact) mass is 328 g/mol. The molecule has 0 N–H and O–H groups in total. The first-order chi connectivity index (χ1) is 7.99. The van der Waals surface area contributed by atoms with Gasteiger partial charge in [0.05, 0.1) is 4.83 Å². The van der Waals surface area contributed by atoms with Crippen LogP contribution in [0.1, 0.15) is 31.3 Å². The summed E-state index contributed by atoms with van der Waals surface area (Å²) in [6, 6.07) is 8.45. The van der Waals surface area contributed by atoms with Crippen molar-refractivity contribution in [2.24, 2.45) is 0 Å². The fraction of sp³-hybridized carbons (Fsp3) is 0.286. The molecule has 0 spiro atoms. The molecule has 3 heteroatoms. The average Bonchev–Trinajstić information content (AvgIpc) is 2.61. The number of alkyl halides is 1. The molecular formula is C14H14BrClS. The Morgan fingerprint density at radius 2 is 1.88 bits per heavy atom. The number of aryl methyl sites for hydroxylation is 3. The van der Waals surface area contributed by atoms with Gasteiger partial charge in [0, 0.05) is 14.8 Å². The Bertz CT molecular complexity index is 545. The third-order valence-corrected chi connectivity index (χ3v) is 5.25. The summed E-state index contributed by atoms with van der Waals surface area (Å²) in [6.45, 7) is 6.36. The van der Waals surface area contributed by atoms with Gasteiger partial charge in [-0.15, -0.1) is 11.3 Å². The number of hydrogen-bond donors (Lipinski definition) is 0. The molecule has 0 aliphatic rings.